The highest BCUT2D eigenvalue weighted by Gasteiger charge is 2.36. The van der Waals surface area contributed by atoms with Crippen molar-refractivity contribution in [3.63, 3.8) is 0 Å². The third-order valence-electron chi connectivity index (χ3n) is 3.28. The van der Waals surface area contributed by atoms with Crippen molar-refractivity contribution in [3.8, 4) is 0 Å². The van der Waals surface area contributed by atoms with E-state index < -0.39 is 11.7 Å². The molecule has 0 saturated carbocycles. The highest BCUT2D eigenvalue weighted by molar-refractivity contribution is 9.10. The van der Waals surface area contributed by atoms with Gasteiger partial charge < -0.3 is 4.90 Å². The lowest BCUT2D eigenvalue weighted by Gasteiger charge is -2.17. The number of carbonyl (C=O) groups excluding carboxylic acids is 2. The Morgan fingerprint density at radius 1 is 1.00 bits per heavy atom. The van der Waals surface area contributed by atoms with Gasteiger partial charge >= 0.3 is 0 Å². The Hall–Kier alpha value is -1.17. The summed E-state index contributed by atoms with van der Waals surface area (Å²) in [7, 11) is 0. The maximum atomic E-state index is 12.2. The van der Waals surface area contributed by atoms with Crippen LogP contribution in [0, 0.1) is 0 Å². The minimum Gasteiger partial charge on any atom is -0.300 e. The lowest BCUT2D eigenvalue weighted by atomic mass is 10.1. The van der Waals surface area contributed by atoms with Crippen LogP contribution in [0.4, 0.5) is 5.69 Å². The van der Waals surface area contributed by atoms with Gasteiger partial charge in [-0.1, -0.05) is 49.5 Å². The minimum absolute atomic E-state index is 0.264. The first kappa shape index (κ1) is 14.8. The van der Waals surface area contributed by atoms with E-state index >= 15 is 0 Å². The van der Waals surface area contributed by atoms with E-state index in [4.69, 9.17) is 11.6 Å². The number of hydrogen-bond donors (Lipinski definition) is 0. The van der Waals surface area contributed by atoms with E-state index in [9.17, 15) is 9.59 Å². The van der Waals surface area contributed by atoms with Gasteiger partial charge in [0.2, 0.25) is 0 Å². The molecule has 0 bridgehead atoms. The molecule has 0 aromatic heterocycles. The number of amides is 1. The quantitative estimate of drug-likeness (QED) is 0.655. The molecule has 0 saturated heterocycles. The minimum atomic E-state index is -0.526. The molecule has 2 aromatic carbocycles. The molecule has 1 aliphatic heterocycles. The Labute approximate surface area is 143 Å². The highest BCUT2D eigenvalue weighted by Crippen LogP contribution is 2.34. The molecule has 0 radical (unpaired) electrons. The molecule has 1 amide bonds. The summed E-state index contributed by atoms with van der Waals surface area (Å²) >= 11 is 12.9. The maximum Gasteiger partial charge on any atom is 0.299 e. The van der Waals surface area contributed by atoms with Crippen LogP contribution in [0.3, 0.4) is 0 Å². The fourth-order valence-corrected chi connectivity index (χ4v) is 3.33. The van der Waals surface area contributed by atoms with Crippen molar-refractivity contribution in [3.05, 3.63) is 61.5 Å². The lowest BCUT2D eigenvalue weighted by molar-refractivity contribution is -0.114. The molecule has 0 unspecified atom stereocenters. The van der Waals surface area contributed by atoms with Gasteiger partial charge in [-0.2, -0.15) is 0 Å². The van der Waals surface area contributed by atoms with Gasteiger partial charge in [0.15, 0.2) is 0 Å². The van der Waals surface area contributed by atoms with Crippen molar-refractivity contribution in [1.29, 1.82) is 0 Å². The van der Waals surface area contributed by atoms with Crippen LogP contribution in [0.1, 0.15) is 15.9 Å². The third kappa shape index (κ3) is 2.65. The van der Waals surface area contributed by atoms with Crippen LogP contribution in [-0.2, 0) is 11.3 Å². The van der Waals surface area contributed by atoms with Crippen molar-refractivity contribution in [2.75, 3.05) is 4.90 Å². The van der Waals surface area contributed by atoms with E-state index in [2.05, 4.69) is 31.9 Å². The predicted molar refractivity (Wildman–Crippen MR) is 88.8 cm³/mol. The van der Waals surface area contributed by atoms with Gasteiger partial charge in [0.25, 0.3) is 11.7 Å². The highest BCUT2D eigenvalue weighted by atomic mass is 79.9. The summed E-state index contributed by atoms with van der Waals surface area (Å²) in [4.78, 5) is 25.6. The fourth-order valence-electron chi connectivity index (χ4n) is 2.24. The van der Waals surface area contributed by atoms with Gasteiger partial charge in [-0.3, -0.25) is 9.59 Å². The van der Waals surface area contributed by atoms with Gasteiger partial charge in [0, 0.05) is 14.0 Å². The number of benzene rings is 2. The summed E-state index contributed by atoms with van der Waals surface area (Å²) in [5.41, 5.74) is 1.82. The Bertz CT molecular complexity index is 776. The number of Topliss-reactive ketones (excluding diaryl/α,β-unsaturated/α-hetero) is 1. The molecular weight excluding hydrogens is 421 g/mol. The Morgan fingerprint density at radius 2 is 1.67 bits per heavy atom. The Balaban J connectivity index is 2.02. The SMILES string of the molecule is O=C1C(=O)N(Cc2ccc(Br)cc2Cl)c2cc(Br)ccc21. The standard InChI is InChI=1S/C15H8Br2ClNO2/c16-9-2-1-8(12(18)5-9)7-19-13-6-10(17)3-4-11(13)14(20)15(19)21/h1-6H,7H2. The normalized spacial score (nSPS) is 13.8. The molecule has 3 rings (SSSR count). The molecule has 106 valence electrons. The molecule has 1 aliphatic rings. The second-order valence-corrected chi connectivity index (χ2v) is 6.86. The molecule has 0 atom stereocenters. The van der Waals surface area contributed by atoms with E-state index in [0.29, 0.717) is 16.3 Å². The number of halogens is 3. The molecule has 0 N–H and O–H groups in total. The summed E-state index contributed by atoms with van der Waals surface area (Å²) in [5.74, 6) is -1.01. The Morgan fingerprint density at radius 3 is 2.38 bits per heavy atom. The first-order valence-corrected chi connectivity index (χ1v) is 8.03. The maximum absolute atomic E-state index is 12.2. The summed E-state index contributed by atoms with van der Waals surface area (Å²) in [6.45, 7) is 0.264. The molecule has 0 fully saturated rings. The van der Waals surface area contributed by atoms with Crippen molar-refractivity contribution in [1.82, 2.24) is 0 Å². The number of nitrogens with zero attached hydrogens (tertiary/aromatic N) is 1. The van der Waals surface area contributed by atoms with Crippen molar-refractivity contribution in [2.24, 2.45) is 0 Å². The summed E-state index contributed by atoms with van der Waals surface area (Å²) in [6.07, 6.45) is 0. The molecule has 21 heavy (non-hydrogen) atoms. The first-order chi connectivity index (χ1) is 9.97. The molecule has 3 nitrogen and oxygen atoms in total. The zero-order valence-corrected chi connectivity index (χ0v) is 14.5. The summed E-state index contributed by atoms with van der Waals surface area (Å²) in [5, 5.41) is 0.549. The average Bonchev–Trinajstić information content (AvgIpc) is 2.66. The smallest absolute Gasteiger partial charge is 0.299 e. The fraction of sp³-hybridized carbons (Fsp3) is 0.0667. The van der Waals surface area contributed by atoms with Crippen LogP contribution < -0.4 is 4.90 Å². The topological polar surface area (TPSA) is 37.4 Å². The molecule has 2 aromatic rings. The number of rotatable bonds is 2. The number of anilines is 1. The van der Waals surface area contributed by atoms with E-state index in [-0.39, 0.29) is 6.54 Å². The van der Waals surface area contributed by atoms with Crippen molar-refractivity contribution in [2.45, 2.75) is 6.54 Å². The van der Waals surface area contributed by atoms with E-state index in [1.54, 1.807) is 24.3 Å². The average molecular weight is 429 g/mol. The molecular formula is C15H8Br2ClNO2. The number of carbonyl (C=O) groups is 2. The van der Waals surface area contributed by atoms with Crippen LogP contribution >= 0.6 is 43.5 Å². The van der Waals surface area contributed by atoms with Gasteiger partial charge in [-0.15, -0.1) is 0 Å². The van der Waals surface area contributed by atoms with Crippen LogP contribution in [0.15, 0.2) is 45.3 Å². The summed E-state index contributed by atoms with van der Waals surface area (Å²) in [6, 6.07) is 10.6. The van der Waals surface area contributed by atoms with Crippen LogP contribution in [0.25, 0.3) is 0 Å². The second-order valence-electron chi connectivity index (χ2n) is 4.62. The van der Waals surface area contributed by atoms with Crippen LogP contribution in [0.5, 0.6) is 0 Å². The number of ketones is 1. The third-order valence-corrected chi connectivity index (χ3v) is 4.62. The predicted octanol–water partition coefficient (Wildman–Crippen LogP) is 4.59. The number of hydrogen-bond acceptors (Lipinski definition) is 2. The van der Waals surface area contributed by atoms with Gasteiger partial charge in [-0.05, 0) is 35.9 Å². The van der Waals surface area contributed by atoms with Gasteiger partial charge in [0.05, 0.1) is 17.8 Å². The van der Waals surface area contributed by atoms with Crippen molar-refractivity contribution < 1.29 is 9.59 Å². The van der Waals surface area contributed by atoms with E-state index in [1.165, 1.54) is 4.90 Å². The molecule has 0 aliphatic carbocycles. The molecule has 0 spiro atoms. The Kier molecular flexibility index (Phi) is 3.90. The van der Waals surface area contributed by atoms with E-state index in [0.717, 1.165) is 14.5 Å². The van der Waals surface area contributed by atoms with Crippen LogP contribution in [0.2, 0.25) is 5.02 Å². The van der Waals surface area contributed by atoms with Gasteiger partial charge in [0.1, 0.15) is 0 Å². The van der Waals surface area contributed by atoms with E-state index in [1.807, 2.05) is 12.1 Å². The molecule has 6 heteroatoms. The van der Waals surface area contributed by atoms with Crippen LogP contribution in [-0.4, -0.2) is 11.7 Å². The summed E-state index contributed by atoms with van der Waals surface area (Å²) < 4.78 is 1.68. The zero-order chi connectivity index (χ0) is 15.1. The lowest BCUT2D eigenvalue weighted by Crippen LogP contribution is -2.29. The second kappa shape index (κ2) is 5.55. The van der Waals surface area contributed by atoms with Gasteiger partial charge in [-0.25, -0.2) is 0 Å². The monoisotopic (exact) mass is 427 g/mol. The molecule has 1 heterocycles. The first-order valence-electron chi connectivity index (χ1n) is 6.07. The van der Waals surface area contributed by atoms with Crippen molar-refractivity contribution >= 4 is 60.8 Å². The zero-order valence-electron chi connectivity index (χ0n) is 10.6. The largest absolute Gasteiger partial charge is 0.300 e. The number of fused-ring (bicyclic) bond motifs is 1.